The van der Waals surface area contributed by atoms with Crippen molar-refractivity contribution in [1.82, 2.24) is 0 Å². The van der Waals surface area contributed by atoms with E-state index in [1.165, 1.54) is 0 Å². The third kappa shape index (κ3) is 1.22. The monoisotopic (exact) mass is 228 g/mol. The standard InChI is InChI=1S/C9H9BrO2/c10-5-6-3-8(11)7-1-2-12-9(7)4-6/h1-2,6H,3-5H2. The zero-order valence-corrected chi connectivity index (χ0v) is 8.13. The molecule has 0 saturated carbocycles. The van der Waals surface area contributed by atoms with Gasteiger partial charge in [-0.25, -0.2) is 0 Å². The summed E-state index contributed by atoms with van der Waals surface area (Å²) in [6.07, 6.45) is 3.14. The summed E-state index contributed by atoms with van der Waals surface area (Å²) in [6.45, 7) is 0. The van der Waals surface area contributed by atoms with E-state index < -0.39 is 0 Å². The molecule has 64 valence electrons. The second-order valence-electron chi connectivity index (χ2n) is 3.11. The summed E-state index contributed by atoms with van der Waals surface area (Å²) in [5.74, 6) is 1.49. The van der Waals surface area contributed by atoms with E-state index in [4.69, 9.17) is 4.42 Å². The molecule has 1 heterocycles. The lowest BCUT2D eigenvalue weighted by atomic mass is 9.89. The lowest BCUT2D eigenvalue weighted by Gasteiger charge is -2.17. The fraction of sp³-hybridized carbons (Fsp3) is 0.444. The van der Waals surface area contributed by atoms with Crippen molar-refractivity contribution < 1.29 is 9.21 Å². The Labute approximate surface area is 79.1 Å². The predicted molar refractivity (Wildman–Crippen MR) is 48.6 cm³/mol. The summed E-state index contributed by atoms with van der Waals surface area (Å²) >= 11 is 3.38. The lowest BCUT2D eigenvalue weighted by molar-refractivity contribution is 0.0950. The predicted octanol–water partition coefficient (Wildman–Crippen LogP) is 2.42. The molecule has 0 radical (unpaired) electrons. The number of furan rings is 1. The van der Waals surface area contributed by atoms with E-state index >= 15 is 0 Å². The topological polar surface area (TPSA) is 30.2 Å². The molecule has 1 aliphatic carbocycles. The Morgan fingerprint density at radius 1 is 1.58 bits per heavy atom. The Balaban J connectivity index is 2.32. The Morgan fingerprint density at radius 3 is 3.17 bits per heavy atom. The van der Waals surface area contributed by atoms with Crippen LogP contribution in [0.15, 0.2) is 16.7 Å². The summed E-state index contributed by atoms with van der Waals surface area (Å²) < 4.78 is 5.22. The van der Waals surface area contributed by atoms with E-state index in [2.05, 4.69) is 15.9 Å². The maximum atomic E-state index is 11.4. The number of rotatable bonds is 1. The molecule has 0 saturated heterocycles. The first-order chi connectivity index (χ1) is 5.81. The molecule has 3 heteroatoms. The highest BCUT2D eigenvalue weighted by Crippen LogP contribution is 2.27. The van der Waals surface area contributed by atoms with Crippen LogP contribution in [0, 0.1) is 5.92 Å². The van der Waals surface area contributed by atoms with Crippen LogP contribution < -0.4 is 0 Å². The first-order valence-corrected chi connectivity index (χ1v) is 5.09. The van der Waals surface area contributed by atoms with Gasteiger partial charge in [-0.15, -0.1) is 0 Å². The number of fused-ring (bicyclic) bond motifs is 1. The average Bonchev–Trinajstić information content (AvgIpc) is 2.52. The number of alkyl halides is 1. The van der Waals surface area contributed by atoms with E-state index in [0.29, 0.717) is 12.3 Å². The van der Waals surface area contributed by atoms with Gasteiger partial charge in [-0.05, 0) is 12.0 Å². The zero-order valence-electron chi connectivity index (χ0n) is 6.55. The van der Waals surface area contributed by atoms with Gasteiger partial charge >= 0.3 is 0 Å². The van der Waals surface area contributed by atoms with Crippen molar-refractivity contribution in [3.8, 4) is 0 Å². The number of carbonyl (C=O) groups is 1. The van der Waals surface area contributed by atoms with Crippen LogP contribution in [0.25, 0.3) is 0 Å². The fourth-order valence-electron chi connectivity index (χ4n) is 1.56. The summed E-state index contributed by atoms with van der Waals surface area (Å²) in [7, 11) is 0. The highest BCUT2D eigenvalue weighted by molar-refractivity contribution is 9.09. The van der Waals surface area contributed by atoms with Crippen LogP contribution in [0.3, 0.4) is 0 Å². The van der Waals surface area contributed by atoms with E-state index in [-0.39, 0.29) is 5.78 Å². The number of Topliss-reactive ketones (excluding diaryl/α,β-unsaturated/α-hetero) is 1. The van der Waals surface area contributed by atoms with Crippen molar-refractivity contribution in [2.45, 2.75) is 12.8 Å². The molecule has 1 atom stereocenters. The SMILES string of the molecule is O=C1CC(CBr)Cc2occc21. The molecule has 1 unspecified atom stereocenters. The number of carbonyl (C=O) groups excluding carboxylic acids is 1. The summed E-state index contributed by atoms with van der Waals surface area (Å²) in [5, 5.41) is 0.874. The van der Waals surface area contributed by atoms with Crippen LogP contribution in [0.4, 0.5) is 0 Å². The minimum atomic E-state index is 0.217. The zero-order chi connectivity index (χ0) is 8.55. The van der Waals surface area contributed by atoms with Crippen LogP contribution in [-0.2, 0) is 6.42 Å². The third-order valence-corrected chi connectivity index (χ3v) is 3.13. The van der Waals surface area contributed by atoms with Gasteiger partial charge in [0.15, 0.2) is 5.78 Å². The molecular weight excluding hydrogens is 220 g/mol. The molecule has 0 N–H and O–H groups in total. The van der Waals surface area contributed by atoms with Crippen molar-refractivity contribution in [2.24, 2.45) is 5.92 Å². The largest absolute Gasteiger partial charge is 0.469 e. The van der Waals surface area contributed by atoms with Gasteiger partial charge in [-0.3, -0.25) is 4.79 Å². The Hall–Kier alpha value is -0.570. The molecule has 1 aliphatic rings. The van der Waals surface area contributed by atoms with Crippen LogP contribution in [0.5, 0.6) is 0 Å². The molecule has 0 fully saturated rings. The van der Waals surface area contributed by atoms with Gasteiger partial charge in [0.25, 0.3) is 0 Å². The molecule has 2 rings (SSSR count). The van der Waals surface area contributed by atoms with E-state index in [1.807, 2.05) is 0 Å². The number of hydrogen-bond acceptors (Lipinski definition) is 2. The molecular formula is C9H9BrO2. The summed E-state index contributed by atoms with van der Waals surface area (Å²) in [4.78, 5) is 11.4. The van der Waals surface area contributed by atoms with Crippen LogP contribution in [0.1, 0.15) is 22.5 Å². The quantitative estimate of drug-likeness (QED) is 0.692. The fourth-order valence-corrected chi connectivity index (χ4v) is 2.02. The molecule has 1 aromatic rings. The smallest absolute Gasteiger partial charge is 0.166 e. The van der Waals surface area contributed by atoms with E-state index in [1.54, 1.807) is 12.3 Å². The number of hydrogen-bond donors (Lipinski definition) is 0. The second kappa shape index (κ2) is 3.05. The van der Waals surface area contributed by atoms with Gasteiger partial charge < -0.3 is 4.42 Å². The Morgan fingerprint density at radius 2 is 2.42 bits per heavy atom. The van der Waals surface area contributed by atoms with E-state index in [9.17, 15) is 4.79 Å². The van der Waals surface area contributed by atoms with Crippen LogP contribution >= 0.6 is 15.9 Å². The minimum Gasteiger partial charge on any atom is -0.469 e. The van der Waals surface area contributed by atoms with Crippen molar-refractivity contribution in [1.29, 1.82) is 0 Å². The molecule has 2 nitrogen and oxygen atoms in total. The highest BCUT2D eigenvalue weighted by atomic mass is 79.9. The molecule has 1 aromatic heterocycles. The molecule has 0 spiro atoms. The normalized spacial score (nSPS) is 22.4. The van der Waals surface area contributed by atoms with Crippen molar-refractivity contribution in [3.63, 3.8) is 0 Å². The van der Waals surface area contributed by atoms with E-state index in [0.717, 1.165) is 23.1 Å². The average molecular weight is 229 g/mol. The van der Waals surface area contributed by atoms with Gasteiger partial charge in [0, 0.05) is 18.2 Å². The van der Waals surface area contributed by atoms with Gasteiger partial charge in [-0.2, -0.15) is 0 Å². The first-order valence-electron chi connectivity index (χ1n) is 3.97. The van der Waals surface area contributed by atoms with Gasteiger partial charge in [0.2, 0.25) is 0 Å². The highest BCUT2D eigenvalue weighted by Gasteiger charge is 2.26. The maximum Gasteiger partial charge on any atom is 0.166 e. The second-order valence-corrected chi connectivity index (χ2v) is 3.76. The lowest BCUT2D eigenvalue weighted by Crippen LogP contribution is -2.19. The summed E-state index contributed by atoms with van der Waals surface area (Å²) in [6, 6.07) is 1.77. The first kappa shape index (κ1) is 8.05. The Bertz CT molecular complexity index is 303. The molecule has 0 aromatic carbocycles. The van der Waals surface area contributed by atoms with Crippen LogP contribution in [0.2, 0.25) is 0 Å². The van der Waals surface area contributed by atoms with Crippen molar-refractivity contribution in [2.75, 3.05) is 5.33 Å². The summed E-state index contributed by atoms with van der Waals surface area (Å²) in [5.41, 5.74) is 0.784. The maximum absolute atomic E-state index is 11.4. The van der Waals surface area contributed by atoms with Crippen LogP contribution in [-0.4, -0.2) is 11.1 Å². The Kier molecular flexibility index (Phi) is 2.05. The van der Waals surface area contributed by atoms with Gasteiger partial charge in [-0.1, -0.05) is 15.9 Å². The van der Waals surface area contributed by atoms with Crippen molar-refractivity contribution in [3.05, 3.63) is 23.7 Å². The van der Waals surface area contributed by atoms with Gasteiger partial charge in [0.1, 0.15) is 5.76 Å². The molecule has 0 amide bonds. The third-order valence-electron chi connectivity index (χ3n) is 2.21. The number of ketones is 1. The molecule has 0 aliphatic heterocycles. The van der Waals surface area contributed by atoms with Gasteiger partial charge in [0.05, 0.1) is 11.8 Å². The molecule has 12 heavy (non-hydrogen) atoms. The van der Waals surface area contributed by atoms with Crippen molar-refractivity contribution >= 4 is 21.7 Å². The number of halogens is 1. The molecule has 0 bridgehead atoms. The minimum absolute atomic E-state index is 0.217.